The second-order valence-electron chi connectivity index (χ2n) is 11.6. The predicted octanol–water partition coefficient (Wildman–Crippen LogP) is 5.56. The van der Waals surface area contributed by atoms with E-state index in [0.717, 1.165) is 49.1 Å². The minimum atomic E-state index is -0.230. The van der Waals surface area contributed by atoms with E-state index in [0.29, 0.717) is 74.8 Å². The lowest BCUT2D eigenvalue weighted by Crippen LogP contribution is -2.43. The van der Waals surface area contributed by atoms with Gasteiger partial charge >= 0.3 is 0 Å². The van der Waals surface area contributed by atoms with Gasteiger partial charge in [-0.15, -0.1) is 0 Å². The highest BCUT2D eigenvalue weighted by molar-refractivity contribution is 6.39. The molecule has 240 valence electrons. The van der Waals surface area contributed by atoms with Crippen LogP contribution >= 0.6 is 23.2 Å². The molecule has 2 aromatic carbocycles. The van der Waals surface area contributed by atoms with Crippen LogP contribution < -0.4 is 25.4 Å². The number of allylic oxidation sites excluding steroid dienone is 1. The molecule has 0 bridgehead atoms. The summed E-state index contributed by atoms with van der Waals surface area (Å²) in [5.41, 5.74) is 6.53. The molecule has 0 amide bonds. The highest BCUT2D eigenvalue weighted by Gasteiger charge is 2.27. The Balaban J connectivity index is 1.23. The quantitative estimate of drug-likeness (QED) is 0.153. The van der Waals surface area contributed by atoms with Gasteiger partial charge in [0.15, 0.2) is 0 Å². The van der Waals surface area contributed by atoms with Gasteiger partial charge in [-0.1, -0.05) is 66.2 Å². The van der Waals surface area contributed by atoms with E-state index in [1.165, 1.54) is 0 Å². The standard InChI is InChI=1S/C34H37Cl2N7O3/c1-19-10-11-20(41-19)14-37-15-29-33(45-2)42-27(16-39-29)25-8-4-6-23(31(25)35)24-7-5-9-26(32(24)36)28-17-40-30(34(43-28)46-3)18-38-21-12-22(44)13-21/h4-9,16-17,20-22,37-38,41,44H,1,10-15,18H2,2-3H3/t20-,21?,22?/m0/s1. The van der Waals surface area contributed by atoms with Crippen LogP contribution in [-0.4, -0.2) is 64.0 Å². The summed E-state index contributed by atoms with van der Waals surface area (Å²) in [4.78, 5) is 18.8. The Kier molecular flexibility index (Phi) is 10.0. The molecule has 2 aromatic heterocycles. The third-order valence-electron chi connectivity index (χ3n) is 8.41. The Hall–Kier alpha value is -3.80. The zero-order valence-corrected chi connectivity index (χ0v) is 27.3. The molecule has 1 aliphatic heterocycles. The minimum Gasteiger partial charge on any atom is -0.480 e. The molecule has 46 heavy (non-hydrogen) atoms. The van der Waals surface area contributed by atoms with Crippen molar-refractivity contribution in [1.82, 2.24) is 35.9 Å². The number of nitrogens with zero attached hydrogens (tertiary/aromatic N) is 4. The number of aliphatic hydroxyl groups is 1. The maximum absolute atomic E-state index is 9.56. The summed E-state index contributed by atoms with van der Waals surface area (Å²) < 4.78 is 11.2. The molecular weight excluding hydrogens is 625 g/mol. The van der Waals surface area contributed by atoms with Crippen molar-refractivity contribution in [3.05, 3.63) is 82.5 Å². The lowest BCUT2D eigenvalue weighted by molar-refractivity contribution is 0.0617. The molecular formula is C34H37Cl2N7O3. The van der Waals surface area contributed by atoms with Crippen LogP contribution in [0.4, 0.5) is 0 Å². The number of aliphatic hydroxyl groups excluding tert-OH is 1. The predicted molar refractivity (Wildman–Crippen MR) is 180 cm³/mol. The maximum Gasteiger partial charge on any atom is 0.237 e. The van der Waals surface area contributed by atoms with Gasteiger partial charge in [0.05, 0.1) is 54.2 Å². The van der Waals surface area contributed by atoms with Crippen LogP contribution in [0.3, 0.4) is 0 Å². The minimum absolute atomic E-state index is 0.230. The van der Waals surface area contributed by atoms with Crippen LogP contribution in [0.5, 0.6) is 11.8 Å². The van der Waals surface area contributed by atoms with Crippen LogP contribution in [-0.2, 0) is 13.1 Å². The molecule has 12 heteroatoms. The zero-order chi connectivity index (χ0) is 32.2. The molecule has 0 spiro atoms. The summed E-state index contributed by atoms with van der Waals surface area (Å²) in [6.07, 6.45) is 6.71. The van der Waals surface area contributed by atoms with Crippen molar-refractivity contribution >= 4 is 23.2 Å². The summed E-state index contributed by atoms with van der Waals surface area (Å²) in [6, 6.07) is 12.1. The average Bonchev–Trinajstić information content (AvgIpc) is 3.47. The van der Waals surface area contributed by atoms with Crippen molar-refractivity contribution in [2.75, 3.05) is 20.8 Å². The van der Waals surface area contributed by atoms with Crippen LogP contribution in [0.2, 0.25) is 10.0 Å². The van der Waals surface area contributed by atoms with Crippen LogP contribution in [0.25, 0.3) is 33.6 Å². The van der Waals surface area contributed by atoms with E-state index in [1.807, 2.05) is 36.4 Å². The lowest BCUT2D eigenvalue weighted by atomic mass is 9.89. The number of hydrogen-bond acceptors (Lipinski definition) is 10. The summed E-state index contributed by atoms with van der Waals surface area (Å²) >= 11 is 14.1. The van der Waals surface area contributed by atoms with Gasteiger partial charge in [0.2, 0.25) is 11.8 Å². The van der Waals surface area contributed by atoms with Crippen molar-refractivity contribution in [3.63, 3.8) is 0 Å². The van der Waals surface area contributed by atoms with Gasteiger partial charge in [0.25, 0.3) is 0 Å². The highest BCUT2D eigenvalue weighted by Crippen LogP contribution is 2.42. The SMILES string of the molecule is C=C1CC[C@@H](CNCc2ncc(-c3cccc(-c4cccc(-c5cnc(CNC6CC(O)C6)c(OC)n5)c4Cl)c3Cl)nc2OC)N1. The van der Waals surface area contributed by atoms with Gasteiger partial charge in [0, 0.05) is 59.7 Å². The van der Waals surface area contributed by atoms with Crippen LogP contribution in [0.15, 0.2) is 61.1 Å². The first-order valence-electron chi connectivity index (χ1n) is 15.3. The number of aromatic nitrogens is 4. The van der Waals surface area contributed by atoms with E-state index in [2.05, 4.69) is 32.5 Å². The largest absolute Gasteiger partial charge is 0.480 e. The first kappa shape index (κ1) is 32.2. The maximum atomic E-state index is 9.56. The summed E-state index contributed by atoms with van der Waals surface area (Å²) in [5.74, 6) is 0.852. The molecule has 1 aliphatic carbocycles. The molecule has 6 rings (SSSR count). The van der Waals surface area contributed by atoms with Gasteiger partial charge in [-0.25, -0.2) is 9.97 Å². The van der Waals surface area contributed by atoms with Crippen molar-refractivity contribution in [3.8, 4) is 45.4 Å². The van der Waals surface area contributed by atoms with Crippen molar-refractivity contribution in [1.29, 1.82) is 0 Å². The topological polar surface area (TPSA) is 126 Å². The van der Waals surface area contributed by atoms with E-state index in [4.69, 9.17) is 42.6 Å². The number of nitrogens with one attached hydrogen (secondary N) is 3. The number of ether oxygens (including phenoxy) is 2. The van der Waals surface area contributed by atoms with Gasteiger partial charge in [-0.3, -0.25) is 9.97 Å². The van der Waals surface area contributed by atoms with Gasteiger partial charge in [-0.2, -0.15) is 0 Å². The Morgan fingerprint density at radius 3 is 1.91 bits per heavy atom. The van der Waals surface area contributed by atoms with Crippen molar-refractivity contribution in [2.24, 2.45) is 0 Å². The van der Waals surface area contributed by atoms with Crippen LogP contribution in [0.1, 0.15) is 37.1 Å². The van der Waals surface area contributed by atoms with Crippen molar-refractivity contribution < 1.29 is 14.6 Å². The molecule has 10 nitrogen and oxygen atoms in total. The summed E-state index contributed by atoms with van der Waals surface area (Å²) in [7, 11) is 3.16. The smallest absolute Gasteiger partial charge is 0.237 e. The molecule has 1 atom stereocenters. The summed E-state index contributed by atoms with van der Waals surface area (Å²) in [5, 5.41) is 20.8. The highest BCUT2D eigenvalue weighted by atomic mass is 35.5. The lowest BCUT2D eigenvalue weighted by Gasteiger charge is -2.32. The van der Waals surface area contributed by atoms with Crippen molar-refractivity contribution in [2.45, 2.75) is 57.0 Å². The molecule has 1 saturated heterocycles. The van der Waals surface area contributed by atoms with E-state index < -0.39 is 0 Å². The fraction of sp³-hybridized carbons (Fsp3) is 0.353. The fourth-order valence-electron chi connectivity index (χ4n) is 5.79. The molecule has 4 N–H and O–H groups in total. The third kappa shape index (κ3) is 6.96. The second-order valence-corrected chi connectivity index (χ2v) is 12.3. The van der Waals surface area contributed by atoms with E-state index in [1.54, 1.807) is 26.6 Å². The van der Waals surface area contributed by atoms with E-state index in [9.17, 15) is 5.11 Å². The monoisotopic (exact) mass is 661 g/mol. The molecule has 0 radical (unpaired) electrons. The second kappa shape index (κ2) is 14.3. The molecule has 2 aliphatic rings. The molecule has 4 aromatic rings. The van der Waals surface area contributed by atoms with Gasteiger partial charge < -0.3 is 30.5 Å². The van der Waals surface area contributed by atoms with Gasteiger partial charge in [0.1, 0.15) is 11.4 Å². The molecule has 0 unspecified atom stereocenters. The number of rotatable bonds is 12. The third-order valence-corrected chi connectivity index (χ3v) is 9.22. The number of methoxy groups -OCH3 is 2. The Morgan fingerprint density at radius 1 is 0.870 bits per heavy atom. The van der Waals surface area contributed by atoms with Gasteiger partial charge in [-0.05, 0) is 25.7 Å². The average molecular weight is 663 g/mol. The van der Waals surface area contributed by atoms with E-state index >= 15 is 0 Å². The first-order valence-corrected chi connectivity index (χ1v) is 16.0. The van der Waals surface area contributed by atoms with Crippen LogP contribution in [0, 0.1) is 0 Å². The van der Waals surface area contributed by atoms with E-state index in [-0.39, 0.29) is 12.1 Å². The first-order chi connectivity index (χ1) is 22.3. The normalized spacial score (nSPS) is 19.1. The molecule has 3 heterocycles. The summed E-state index contributed by atoms with van der Waals surface area (Å²) in [6.45, 7) is 5.81. The molecule has 2 fully saturated rings. The zero-order valence-electron chi connectivity index (χ0n) is 25.8. The molecule has 1 saturated carbocycles. The Bertz CT molecular complexity index is 1730. The Labute approximate surface area is 278 Å². The number of hydrogen-bond donors (Lipinski definition) is 4. The number of benzene rings is 2. The number of halogens is 2. The Morgan fingerprint density at radius 2 is 1.41 bits per heavy atom. The fourth-order valence-corrected chi connectivity index (χ4v) is 6.44.